The number of β-amino-alcohol motifs (C(OH)–C–C–N with tert-alkyl or cyclic N) is 1. The van der Waals surface area contributed by atoms with Crippen molar-refractivity contribution in [1.82, 2.24) is 14.9 Å². The highest BCUT2D eigenvalue weighted by atomic mass is 19.1. The van der Waals surface area contributed by atoms with Gasteiger partial charge in [-0.15, -0.1) is 0 Å². The summed E-state index contributed by atoms with van der Waals surface area (Å²) >= 11 is 0. The number of aromatic nitrogens is 2. The van der Waals surface area contributed by atoms with Gasteiger partial charge in [-0.3, -0.25) is 4.90 Å². The van der Waals surface area contributed by atoms with Crippen LogP contribution in [0.4, 0.5) is 4.39 Å². The van der Waals surface area contributed by atoms with Crippen LogP contribution in [0, 0.1) is 17.1 Å². The predicted molar refractivity (Wildman–Crippen MR) is 112 cm³/mol. The van der Waals surface area contributed by atoms with Crippen LogP contribution in [0.1, 0.15) is 44.4 Å². The van der Waals surface area contributed by atoms with E-state index < -0.39 is 11.9 Å². The number of cyclic esters (lactones) is 1. The maximum Gasteiger partial charge on any atom is 0.338 e. The first-order chi connectivity index (χ1) is 15.5. The summed E-state index contributed by atoms with van der Waals surface area (Å²) in [4.78, 5) is 22.7. The van der Waals surface area contributed by atoms with Crippen molar-refractivity contribution in [3.8, 4) is 17.5 Å². The lowest BCUT2D eigenvalue weighted by atomic mass is 10.0. The van der Waals surface area contributed by atoms with Crippen LogP contribution < -0.4 is 0 Å². The Hall–Kier alpha value is -3.67. The van der Waals surface area contributed by atoms with Gasteiger partial charge in [-0.2, -0.15) is 5.26 Å². The van der Waals surface area contributed by atoms with E-state index in [2.05, 4.69) is 14.9 Å². The van der Waals surface area contributed by atoms with Gasteiger partial charge in [0.05, 0.1) is 22.9 Å². The molecule has 0 fully saturated rings. The minimum atomic E-state index is -0.695. The van der Waals surface area contributed by atoms with Crippen LogP contribution in [0.2, 0.25) is 0 Å². The van der Waals surface area contributed by atoms with E-state index in [1.54, 1.807) is 24.4 Å². The molecule has 1 aromatic heterocycles. The highest BCUT2D eigenvalue weighted by molar-refractivity contribution is 5.93. The quantitative estimate of drug-likeness (QED) is 0.636. The SMILES string of the molecule is N#Cc1ccc(-c2ncc3c(n2)CCN(C[C@H](O)c2ccc4c(c2)COC4=O)C3)cc1F. The Morgan fingerprint density at radius 2 is 2.12 bits per heavy atom. The molecule has 0 bridgehead atoms. The fraction of sp³-hybridized carbons (Fsp3) is 0.250. The van der Waals surface area contributed by atoms with E-state index in [1.165, 1.54) is 12.1 Å². The van der Waals surface area contributed by atoms with Gasteiger partial charge >= 0.3 is 5.97 Å². The van der Waals surface area contributed by atoms with Crippen LogP contribution in [0.5, 0.6) is 0 Å². The number of ether oxygens (including phenoxy) is 1. The number of fused-ring (bicyclic) bond motifs is 2. The maximum atomic E-state index is 13.9. The number of hydrogen-bond acceptors (Lipinski definition) is 7. The van der Waals surface area contributed by atoms with Crippen molar-refractivity contribution < 1.29 is 19.0 Å². The van der Waals surface area contributed by atoms with E-state index in [0.29, 0.717) is 36.5 Å². The molecule has 0 amide bonds. The molecule has 0 radical (unpaired) electrons. The van der Waals surface area contributed by atoms with Crippen molar-refractivity contribution in [2.24, 2.45) is 0 Å². The largest absolute Gasteiger partial charge is 0.457 e. The van der Waals surface area contributed by atoms with Crippen LogP contribution in [0.15, 0.2) is 42.6 Å². The molecule has 8 heteroatoms. The van der Waals surface area contributed by atoms with Gasteiger partial charge in [-0.05, 0) is 35.9 Å². The Labute approximate surface area is 183 Å². The Morgan fingerprint density at radius 3 is 2.94 bits per heavy atom. The Balaban J connectivity index is 1.29. The van der Waals surface area contributed by atoms with Gasteiger partial charge in [0.1, 0.15) is 18.5 Å². The molecule has 160 valence electrons. The molecule has 2 aliphatic rings. The second-order valence-electron chi connectivity index (χ2n) is 7.97. The molecule has 1 atom stereocenters. The number of carbonyl (C=O) groups excluding carboxylic acids is 1. The molecule has 5 rings (SSSR count). The van der Waals surface area contributed by atoms with Crippen molar-refractivity contribution in [2.75, 3.05) is 13.1 Å². The Kier molecular flexibility index (Phi) is 5.13. The van der Waals surface area contributed by atoms with Gasteiger partial charge in [-0.1, -0.05) is 6.07 Å². The third-order valence-corrected chi connectivity index (χ3v) is 5.88. The van der Waals surface area contributed by atoms with E-state index in [-0.39, 0.29) is 18.1 Å². The molecule has 0 spiro atoms. The number of aliphatic hydroxyl groups excluding tert-OH is 1. The van der Waals surface area contributed by atoms with Crippen LogP contribution in [0.3, 0.4) is 0 Å². The first-order valence-electron chi connectivity index (χ1n) is 10.3. The molecular formula is C24H19FN4O3. The standard InChI is InChI=1S/C24H19FN4O3/c25-20-8-15(1-2-16(20)9-26)23-27-10-18-11-29(6-5-21(18)28-23)12-22(30)14-3-4-19-17(7-14)13-32-24(19)31/h1-4,7-8,10,22,30H,5-6,11-13H2/t22-/m0/s1. The second kappa shape index (κ2) is 8.11. The van der Waals surface area contributed by atoms with E-state index in [4.69, 9.17) is 10.00 Å². The van der Waals surface area contributed by atoms with Crippen LogP contribution in [-0.2, 0) is 24.3 Å². The van der Waals surface area contributed by atoms with Crippen molar-refractivity contribution in [3.63, 3.8) is 0 Å². The fourth-order valence-corrected chi connectivity index (χ4v) is 4.12. The van der Waals surface area contributed by atoms with E-state index in [1.807, 2.05) is 12.1 Å². The summed E-state index contributed by atoms with van der Waals surface area (Å²) in [7, 11) is 0. The molecule has 2 aliphatic heterocycles. The first-order valence-corrected chi connectivity index (χ1v) is 10.3. The van der Waals surface area contributed by atoms with Gasteiger partial charge in [0, 0.05) is 48.9 Å². The average Bonchev–Trinajstić information content (AvgIpc) is 3.18. The minimum absolute atomic E-state index is 0.0107. The highest BCUT2D eigenvalue weighted by Gasteiger charge is 2.25. The van der Waals surface area contributed by atoms with Crippen LogP contribution in [0.25, 0.3) is 11.4 Å². The summed E-state index contributed by atoms with van der Waals surface area (Å²) in [5.41, 5.74) is 4.50. The monoisotopic (exact) mass is 430 g/mol. The Bertz CT molecular complexity index is 1270. The zero-order valence-corrected chi connectivity index (χ0v) is 17.1. The van der Waals surface area contributed by atoms with Crippen molar-refractivity contribution in [3.05, 3.63) is 81.9 Å². The molecule has 2 aromatic carbocycles. The number of rotatable bonds is 4. The lowest BCUT2D eigenvalue weighted by molar-refractivity contribution is 0.0535. The summed E-state index contributed by atoms with van der Waals surface area (Å²) in [5, 5.41) is 19.6. The van der Waals surface area contributed by atoms with Gasteiger partial charge in [0.2, 0.25) is 0 Å². The van der Waals surface area contributed by atoms with E-state index >= 15 is 0 Å². The summed E-state index contributed by atoms with van der Waals surface area (Å²) in [6.45, 7) is 2.00. The number of aliphatic hydroxyl groups is 1. The third-order valence-electron chi connectivity index (χ3n) is 5.88. The molecule has 0 saturated carbocycles. The number of benzene rings is 2. The van der Waals surface area contributed by atoms with E-state index in [0.717, 1.165) is 28.9 Å². The fourth-order valence-electron chi connectivity index (χ4n) is 4.12. The summed E-state index contributed by atoms with van der Waals surface area (Å²) < 4.78 is 19.0. The summed E-state index contributed by atoms with van der Waals surface area (Å²) in [6, 6.07) is 11.5. The number of nitriles is 1. The van der Waals surface area contributed by atoms with Crippen molar-refractivity contribution >= 4 is 5.97 Å². The molecule has 0 aliphatic carbocycles. The topological polar surface area (TPSA) is 99.3 Å². The lowest BCUT2D eigenvalue weighted by Gasteiger charge is -2.30. The second-order valence-corrected chi connectivity index (χ2v) is 7.97. The average molecular weight is 430 g/mol. The highest BCUT2D eigenvalue weighted by Crippen LogP contribution is 2.27. The van der Waals surface area contributed by atoms with Gasteiger partial charge < -0.3 is 9.84 Å². The smallest absolute Gasteiger partial charge is 0.338 e. The maximum absolute atomic E-state index is 13.9. The van der Waals surface area contributed by atoms with E-state index in [9.17, 15) is 14.3 Å². The zero-order chi connectivity index (χ0) is 22.2. The number of carbonyl (C=O) groups is 1. The molecule has 1 N–H and O–H groups in total. The first kappa shape index (κ1) is 20.2. The molecular weight excluding hydrogens is 411 g/mol. The third kappa shape index (κ3) is 3.73. The predicted octanol–water partition coefficient (Wildman–Crippen LogP) is 2.92. The van der Waals surface area contributed by atoms with Gasteiger partial charge in [0.15, 0.2) is 5.82 Å². The number of hydrogen-bond donors (Lipinski definition) is 1. The number of nitrogens with zero attached hydrogens (tertiary/aromatic N) is 4. The zero-order valence-electron chi connectivity index (χ0n) is 17.1. The van der Waals surface area contributed by atoms with Gasteiger partial charge in [-0.25, -0.2) is 19.2 Å². The summed E-state index contributed by atoms with van der Waals surface area (Å²) in [6.07, 6.45) is 1.73. The molecule has 0 saturated heterocycles. The Morgan fingerprint density at radius 1 is 1.25 bits per heavy atom. The molecule has 0 unspecified atom stereocenters. The van der Waals surface area contributed by atoms with Crippen molar-refractivity contribution in [2.45, 2.75) is 25.7 Å². The minimum Gasteiger partial charge on any atom is -0.457 e. The number of esters is 1. The molecule has 7 nitrogen and oxygen atoms in total. The molecule has 3 heterocycles. The van der Waals surface area contributed by atoms with Crippen LogP contribution >= 0.6 is 0 Å². The molecule has 3 aromatic rings. The van der Waals surface area contributed by atoms with Crippen molar-refractivity contribution in [1.29, 1.82) is 5.26 Å². The normalized spacial score (nSPS) is 16.1. The molecule has 32 heavy (non-hydrogen) atoms. The van der Waals surface area contributed by atoms with Gasteiger partial charge in [0.25, 0.3) is 0 Å². The lowest BCUT2D eigenvalue weighted by Crippen LogP contribution is -2.34. The van der Waals surface area contributed by atoms with Crippen LogP contribution in [-0.4, -0.2) is 39.0 Å². The number of halogens is 1. The summed E-state index contributed by atoms with van der Waals surface area (Å²) in [5.74, 6) is -0.485.